The Morgan fingerprint density at radius 2 is 2.25 bits per heavy atom. The topological polar surface area (TPSA) is 98.3 Å². The van der Waals surface area contributed by atoms with E-state index in [0.29, 0.717) is 24.2 Å². The van der Waals surface area contributed by atoms with Gasteiger partial charge in [0.2, 0.25) is 0 Å². The van der Waals surface area contributed by atoms with Crippen LogP contribution >= 0.6 is 0 Å². The van der Waals surface area contributed by atoms with Gasteiger partial charge in [0, 0.05) is 30.8 Å². The number of carbonyl (C=O) groups excluding carboxylic acids is 1. The third kappa shape index (κ3) is 2.77. The Kier molecular flexibility index (Phi) is 3.96. The number of benzene rings is 1. The van der Waals surface area contributed by atoms with E-state index in [1.54, 1.807) is 6.92 Å². The number of rotatable bonds is 4. The van der Waals surface area contributed by atoms with Crippen molar-refractivity contribution in [3.8, 4) is 0 Å². The number of aryl methyl sites for hydroxylation is 1. The second kappa shape index (κ2) is 5.22. The maximum atomic E-state index is 11.6. The van der Waals surface area contributed by atoms with E-state index >= 15 is 0 Å². The summed E-state index contributed by atoms with van der Waals surface area (Å²) in [5.74, 6) is -0.266. The highest BCUT2D eigenvalue weighted by Crippen LogP contribution is 2.16. The summed E-state index contributed by atoms with van der Waals surface area (Å²) in [7, 11) is 0. The third-order valence-electron chi connectivity index (χ3n) is 2.10. The minimum atomic E-state index is -0.492. The molecule has 86 valence electrons. The van der Waals surface area contributed by atoms with Crippen LogP contribution in [0.25, 0.3) is 0 Å². The van der Waals surface area contributed by atoms with Crippen molar-refractivity contribution in [3.05, 3.63) is 39.4 Å². The van der Waals surface area contributed by atoms with E-state index in [9.17, 15) is 14.9 Å². The molecule has 0 aromatic heterocycles. The summed E-state index contributed by atoms with van der Waals surface area (Å²) in [6.45, 7) is 2.40. The standard InChI is InChI=1S/C10H13N3O3/c1-7-6-8(13(15)16)2-3-9(7)10(14)12-5-4-11/h2-3,6H,4-5,11H2,1H3,(H,12,14). The summed E-state index contributed by atoms with van der Waals surface area (Å²) < 4.78 is 0. The number of non-ortho nitro benzene ring substituents is 1. The fraction of sp³-hybridized carbons (Fsp3) is 0.300. The van der Waals surface area contributed by atoms with Crippen molar-refractivity contribution in [2.45, 2.75) is 6.92 Å². The number of nitrogens with one attached hydrogen (secondary N) is 1. The summed E-state index contributed by atoms with van der Waals surface area (Å²) in [6.07, 6.45) is 0. The van der Waals surface area contributed by atoms with Gasteiger partial charge in [-0.25, -0.2) is 0 Å². The molecule has 0 saturated heterocycles. The molecule has 6 heteroatoms. The zero-order chi connectivity index (χ0) is 12.1. The zero-order valence-electron chi connectivity index (χ0n) is 8.90. The normalized spacial score (nSPS) is 9.88. The molecule has 0 fully saturated rings. The molecule has 6 nitrogen and oxygen atoms in total. The number of nitrogens with zero attached hydrogens (tertiary/aromatic N) is 1. The Labute approximate surface area is 92.6 Å². The van der Waals surface area contributed by atoms with Gasteiger partial charge in [0.1, 0.15) is 0 Å². The first kappa shape index (κ1) is 12.1. The Morgan fingerprint density at radius 1 is 1.56 bits per heavy atom. The van der Waals surface area contributed by atoms with Crippen molar-refractivity contribution in [1.29, 1.82) is 0 Å². The van der Waals surface area contributed by atoms with E-state index in [0.717, 1.165) is 0 Å². The molecule has 1 aromatic carbocycles. The van der Waals surface area contributed by atoms with Gasteiger partial charge >= 0.3 is 0 Å². The van der Waals surface area contributed by atoms with Gasteiger partial charge < -0.3 is 11.1 Å². The van der Waals surface area contributed by atoms with Crippen LogP contribution in [-0.2, 0) is 0 Å². The zero-order valence-corrected chi connectivity index (χ0v) is 8.90. The predicted octanol–water partition coefficient (Wildman–Crippen LogP) is 0.592. The second-order valence-corrected chi connectivity index (χ2v) is 3.30. The quantitative estimate of drug-likeness (QED) is 0.576. The number of nitrogens with two attached hydrogens (primary N) is 1. The van der Waals surface area contributed by atoms with E-state index < -0.39 is 4.92 Å². The monoisotopic (exact) mass is 223 g/mol. The van der Waals surface area contributed by atoms with Gasteiger partial charge in [0.25, 0.3) is 11.6 Å². The van der Waals surface area contributed by atoms with Crippen LogP contribution in [0.1, 0.15) is 15.9 Å². The van der Waals surface area contributed by atoms with E-state index in [2.05, 4.69) is 5.32 Å². The van der Waals surface area contributed by atoms with Crippen molar-refractivity contribution >= 4 is 11.6 Å². The van der Waals surface area contributed by atoms with Crippen molar-refractivity contribution in [1.82, 2.24) is 5.32 Å². The van der Waals surface area contributed by atoms with Crippen LogP contribution in [0.15, 0.2) is 18.2 Å². The Bertz CT molecular complexity index is 418. The summed E-state index contributed by atoms with van der Waals surface area (Å²) >= 11 is 0. The summed E-state index contributed by atoms with van der Waals surface area (Å²) in [6, 6.07) is 4.13. The van der Waals surface area contributed by atoms with E-state index in [-0.39, 0.29) is 11.6 Å². The van der Waals surface area contributed by atoms with Gasteiger partial charge in [-0.2, -0.15) is 0 Å². The average Bonchev–Trinajstić information content (AvgIpc) is 2.25. The summed E-state index contributed by atoms with van der Waals surface area (Å²) in [4.78, 5) is 21.6. The van der Waals surface area contributed by atoms with Gasteiger partial charge in [-0.05, 0) is 18.6 Å². The highest BCUT2D eigenvalue weighted by Gasteiger charge is 2.12. The molecule has 1 aromatic rings. The Hall–Kier alpha value is -1.95. The molecular weight excluding hydrogens is 210 g/mol. The molecule has 0 heterocycles. The van der Waals surface area contributed by atoms with Crippen molar-refractivity contribution in [2.24, 2.45) is 5.73 Å². The molecule has 16 heavy (non-hydrogen) atoms. The maximum Gasteiger partial charge on any atom is 0.269 e. The molecule has 0 saturated carbocycles. The number of amides is 1. The van der Waals surface area contributed by atoms with Crippen molar-refractivity contribution in [2.75, 3.05) is 13.1 Å². The second-order valence-electron chi connectivity index (χ2n) is 3.30. The molecule has 0 aliphatic rings. The number of hydrogen-bond donors (Lipinski definition) is 2. The minimum Gasteiger partial charge on any atom is -0.351 e. The molecule has 0 aliphatic heterocycles. The lowest BCUT2D eigenvalue weighted by atomic mass is 10.1. The molecule has 0 unspecified atom stereocenters. The predicted molar refractivity (Wildman–Crippen MR) is 59.2 cm³/mol. The van der Waals surface area contributed by atoms with E-state index in [1.807, 2.05) is 0 Å². The molecule has 0 aliphatic carbocycles. The van der Waals surface area contributed by atoms with E-state index in [1.165, 1.54) is 18.2 Å². The number of carbonyl (C=O) groups is 1. The van der Waals surface area contributed by atoms with Crippen LogP contribution in [-0.4, -0.2) is 23.9 Å². The van der Waals surface area contributed by atoms with E-state index in [4.69, 9.17) is 5.73 Å². The molecule has 0 radical (unpaired) electrons. The fourth-order valence-corrected chi connectivity index (χ4v) is 1.30. The van der Waals surface area contributed by atoms with Crippen LogP contribution in [0.4, 0.5) is 5.69 Å². The van der Waals surface area contributed by atoms with Gasteiger partial charge in [-0.1, -0.05) is 0 Å². The summed E-state index contributed by atoms with van der Waals surface area (Å²) in [5.41, 5.74) is 6.23. The Morgan fingerprint density at radius 3 is 2.75 bits per heavy atom. The van der Waals surface area contributed by atoms with Crippen LogP contribution in [0, 0.1) is 17.0 Å². The smallest absolute Gasteiger partial charge is 0.269 e. The summed E-state index contributed by atoms with van der Waals surface area (Å²) in [5, 5.41) is 13.1. The number of nitro groups is 1. The number of nitro benzene ring substituents is 1. The number of hydrogen-bond acceptors (Lipinski definition) is 4. The Balaban J connectivity index is 2.90. The third-order valence-corrected chi connectivity index (χ3v) is 2.10. The van der Waals surface area contributed by atoms with Crippen LogP contribution in [0.5, 0.6) is 0 Å². The highest BCUT2D eigenvalue weighted by molar-refractivity contribution is 5.95. The molecule has 1 rings (SSSR count). The van der Waals surface area contributed by atoms with Gasteiger partial charge in [0.05, 0.1) is 4.92 Å². The first-order valence-corrected chi connectivity index (χ1v) is 4.79. The lowest BCUT2D eigenvalue weighted by Crippen LogP contribution is -2.29. The largest absolute Gasteiger partial charge is 0.351 e. The molecule has 3 N–H and O–H groups in total. The highest BCUT2D eigenvalue weighted by atomic mass is 16.6. The van der Waals surface area contributed by atoms with Gasteiger partial charge in [-0.3, -0.25) is 14.9 Å². The first-order valence-electron chi connectivity index (χ1n) is 4.79. The van der Waals surface area contributed by atoms with Crippen LogP contribution < -0.4 is 11.1 Å². The molecule has 0 bridgehead atoms. The molecular formula is C10H13N3O3. The lowest BCUT2D eigenvalue weighted by Gasteiger charge is -2.06. The van der Waals surface area contributed by atoms with Crippen molar-refractivity contribution < 1.29 is 9.72 Å². The first-order chi connectivity index (χ1) is 7.56. The molecule has 0 spiro atoms. The van der Waals surface area contributed by atoms with Crippen LogP contribution in [0.2, 0.25) is 0 Å². The van der Waals surface area contributed by atoms with Crippen LogP contribution in [0.3, 0.4) is 0 Å². The SMILES string of the molecule is Cc1cc([N+](=O)[O-])ccc1C(=O)NCCN. The molecule has 1 amide bonds. The van der Waals surface area contributed by atoms with Crippen molar-refractivity contribution in [3.63, 3.8) is 0 Å². The minimum absolute atomic E-state index is 0.0205. The van der Waals surface area contributed by atoms with Gasteiger partial charge in [-0.15, -0.1) is 0 Å². The van der Waals surface area contributed by atoms with Gasteiger partial charge in [0.15, 0.2) is 0 Å². The molecule has 0 atom stereocenters. The fourth-order valence-electron chi connectivity index (χ4n) is 1.30. The maximum absolute atomic E-state index is 11.6. The lowest BCUT2D eigenvalue weighted by molar-refractivity contribution is -0.384. The average molecular weight is 223 g/mol.